The minimum absolute atomic E-state index is 0.0776. The van der Waals surface area contributed by atoms with Crippen molar-refractivity contribution in [2.24, 2.45) is 0 Å². The second kappa shape index (κ2) is 7.17. The maximum absolute atomic E-state index is 11.7. The molecule has 0 unspecified atom stereocenters. The number of carbonyl (C=O) groups is 1. The normalized spacial score (nSPS) is 10.4. The molecule has 4 heteroatoms. The van der Waals surface area contributed by atoms with Gasteiger partial charge >= 0.3 is 0 Å². The molecule has 1 N–H and O–H groups in total. The topological polar surface area (TPSA) is 38.3 Å². The van der Waals surface area contributed by atoms with Crippen LogP contribution in [-0.4, -0.2) is 24.4 Å². The van der Waals surface area contributed by atoms with Gasteiger partial charge in [0, 0.05) is 18.0 Å². The third-order valence-corrected chi connectivity index (χ3v) is 2.35. The van der Waals surface area contributed by atoms with Crippen LogP contribution < -0.4 is 10.1 Å². The summed E-state index contributed by atoms with van der Waals surface area (Å²) in [5.74, 6) is 1.25. The number of alkyl halides is 1. The zero-order valence-corrected chi connectivity index (χ0v) is 11.0. The van der Waals surface area contributed by atoms with Gasteiger partial charge in [-0.1, -0.05) is 0 Å². The van der Waals surface area contributed by atoms with Gasteiger partial charge in [0.1, 0.15) is 5.75 Å². The molecule has 17 heavy (non-hydrogen) atoms. The van der Waals surface area contributed by atoms with Gasteiger partial charge in [-0.15, -0.1) is 11.6 Å². The van der Waals surface area contributed by atoms with E-state index in [0.29, 0.717) is 18.0 Å². The minimum Gasteiger partial charge on any atom is -0.491 e. The van der Waals surface area contributed by atoms with E-state index in [4.69, 9.17) is 16.3 Å². The van der Waals surface area contributed by atoms with E-state index < -0.39 is 0 Å². The summed E-state index contributed by atoms with van der Waals surface area (Å²) < 4.78 is 5.50. The van der Waals surface area contributed by atoms with Crippen molar-refractivity contribution in [3.05, 3.63) is 29.8 Å². The SMILES string of the molecule is CC(C)Oc1ccc(C(=O)NCCCCl)cc1. The first-order valence-corrected chi connectivity index (χ1v) is 6.28. The highest BCUT2D eigenvalue weighted by molar-refractivity contribution is 6.17. The van der Waals surface area contributed by atoms with Crippen molar-refractivity contribution in [2.75, 3.05) is 12.4 Å². The van der Waals surface area contributed by atoms with Crippen LogP contribution in [0.25, 0.3) is 0 Å². The Morgan fingerprint density at radius 3 is 2.53 bits per heavy atom. The van der Waals surface area contributed by atoms with Gasteiger partial charge in [-0.25, -0.2) is 0 Å². The summed E-state index contributed by atoms with van der Waals surface area (Å²) >= 11 is 5.53. The Kier molecular flexibility index (Phi) is 5.84. The molecule has 0 aliphatic carbocycles. The Hall–Kier alpha value is -1.22. The minimum atomic E-state index is -0.0776. The fourth-order valence-corrected chi connectivity index (χ4v) is 1.46. The molecular weight excluding hydrogens is 238 g/mol. The molecule has 0 atom stereocenters. The molecule has 0 aliphatic heterocycles. The molecule has 0 fully saturated rings. The number of halogens is 1. The second-order valence-corrected chi connectivity index (χ2v) is 4.37. The summed E-state index contributed by atoms with van der Waals surface area (Å²) in [6.45, 7) is 4.53. The lowest BCUT2D eigenvalue weighted by Crippen LogP contribution is -2.24. The average molecular weight is 256 g/mol. The summed E-state index contributed by atoms with van der Waals surface area (Å²) in [5.41, 5.74) is 0.635. The van der Waals surface area contributed by atoms with Crippen LogP contribution in [0.4, 0.5) is 0 Å². The molecule has 94 valence electrons. The number of hydrogen-bond acceptors (Lipinski definition) is 2. The predicted octanol–water partition coefficient (Wildman–Crippen LogP) is 2.83. The molecule has 0 aliphatic rings. The van der Waals surface area contributed by atoms with E-state index in [2.05, 4.69) is 5.32 Å². The van der Waals surface area contributed by atoms with Gasteiger partial charge in [-0.3, -0.25) is 4.79 Å². The summed E-state index contributed by atoms with van der Waals surface area (Å²) in [7, 11) is 0. The van der Waals surface area contributed by atoms with E-state index in [1.807, 2.05) is 13.8 Å². The van der Waals surface area contributed by atoms with Crippen molar-refractivity contribution >= 4 is 17.5 Å². The predicted molar refractivity (Wildman–Crippen MR) is 69.9 cm³/mol. The highest BCUT2D eigenvalue weighted by Gasteiger charge is 2.05. The third-order valence-electron chi connectivity index (χ3n) is 2.08. The molecule has 0 spiro atoms. The van der Waals surface area contributed by atoms with Crippen LogP contribution in [0.3, 0.4) is 0 Å². The van der Waals surface area contributed by atoms with Crippen molar-refractivity contribution in [2.45, 2.75) is 26.4 Å². The van der Waals surface area contributed by atoms with Crippen molar-refractivity contribution in [3.8, 4) is 5.75 Å². The molecule has 0 saturated carbocycles. The molecule has 1 aromatic carbocycles. The maximum Gasteiger partial charge on any atom is 0.251 e. The lowest BCUT2D eigenvalue weighted by Gasteiger charge is -2.10. The molecular formula is C13H18ClNO2. The summed E-state index contributed by atoms with van der Waals surface area (Å²) in [5, 5.41) is 2.80. The van der Waals surface area contributed by atoms with Crippen molar-refractivity contribution < 1.29 is 9.53 Å². The lowest BCUT2D eigenvalue weighted by molar-refractivity contribution is 0.0954. The zero-order valence-electron chi connectivity index (χ0n) is 10.2. The number of nitrogens with one attached hydrogen (secondary N) is 1. The van der Waals surface area contributed by atoms with Crippen LogP contribution in [-0.2, 0) is 0 Å². The van der Waals surface area contributed by atoms with Gasteiger partial charge in [0.15, 0.2) is 0 Å². The number of benzene rings is 1. The quantitative estimate of drug-likeness (QED) is 0.627. The smallest absolute Gasteiger partial charge is 0.251 e. The number of amides is 1. The van der Waals surface area contributed by atoms with E-state index in [0.717, 1.165) is 12.2 Å². The first-order valence-electron chi connectivity index (χ1n) is 5.74. The second-order valence-electron chi connectivity index (χ2n) is 3.99. The van der Waals surface area contributed by atoms with E-state index in [1.165, 1.54) is 0 Å². The van der Waals surface area contributed by atoms with Crippen molar-refractivity contribution in [1.29, 1.82) is 0 Å². The van der Waals surface area contributed by atoms with Crippen LogP contribution in [0, 0.1) is 0 Å². The molecule has 0 saturated heterocycles. The first-order chi connectivity index (χ1) is 8.13. The van der Waals surface area contributed by atoms with Crippen LogP contribution in [0.15, 0.2) is 24.3 Å². The van der Waals surface area contributed by atoms with Crippen LogP contribution >= 0.6 is 11.6 Å². The van der Waals surface area contributed by atoms with Crippen LogP contribution in [0.1, 0.15) is 30.6 Å². The van der Waals surface area contributed by atoms with E-state index in [9.17, 15) is 4.79 Å². The Morgan fingerprint density at radius 2 is 2.00 bits per heavy atom. The molecule has 3 nitrogen and oxygen atoms in total. The van der Waals surface area contributed by atoms with E-state index in [1.54, 1.807) is 24.3 Å². The van der Waals surface area contributed by atoms with Crippen molar-refractivity contribution in [1.82, 2.24) is 5.32 Å². The van der Waals surface area contributed by atoms with Gasteiger partial charge < -0.3 is 10.1 Å². The highest BCUT2D eigenvalue weighted by atomic mass is 35.5. The third kappa shape index (κ3) is 5.09. The monoisotopic (exact) mass is 255 g/mol. The van der Waals surface area contributed by atoms with E-state index >= 15 is 0 Å². The number of carbonyl (C=O) groups excluding carboxylic acids is 1. The molecule has 1 rings (SSSR count). The van der Waals surface area contributed by atoms with Crippen molar-refractivity contribution in [3.63, 3.8) is 0 Å². The van der Waals surface area contributed by atoms with Crippen LogP contribution in [0.2, 0.25) is 0 Å². The first kappa shape index (κ1) is 13.8. The summed E-state index contributed by atoms with van der Waals surface area (Å²) in [6.07, 6.45) is 0.917. The van der Waals surface area contributed by atoms with Gasteiger partial charge in [0.05, 0.1) is 6.10 Å². The number of ether oxygens (including phenoxy) is 1. The summed E-state index contributed by atoms with van der Waals surface area (Å²) in [4.78, 5) is 11.7. The average Bonchev–Trinajstić information content (AvgIpc) is 2.29. The Morgan fingerprint density at radius 1 is 1.35 bits per heavy atom. The van der Waals surface area contributed by atoms with Gasteiger partial charge in [-0.05, 0) is 44.5 Å². The van der Waals surface area contributed by atoms with Gasteiger partial charge in [0.25, 0.3) is 5.91 Å². The zero-order chi connectivity index (χ0) is 12.7. The molecule has 0 aromatic heterocycles. The fourth-order valence-electron chi connectivity index (χ4n) is 1.33. The number of hydrogen-bond donors (Lipinski definition) is 1. The largest absolute Gasteiger partial charge is 0.491 e. The molecule has 0 bridgehead atoms. The highest BCUT2D eigenvalue weighted by Crippen LogP contribution is 2.13. The Balaban J connectivity index is 2.52. The Labute approximate surface area is 107 Å². The number of rotatable bonds is 6. The maximum atomic E-state index is 11.7. The standard InChI is InChI=1S/C13H18ClNO2/c1-10(2)17-12-6-4-11(5-7-12)13(16)15-9-3-8-14/h4-7,10H,3,8-9H2,1-2H3,(H,15,16). The molecule has 1 aromatic rings. The molecule has 0 heterocycles. The summed E-state index contributed by atoms with van der Waals surface area (Å²) in [6, 6.07) is 7.12. The van der Waals surface area contributed by atoms with Gasteiger partial charge in [-0.2, -0.15) is 0 Å². The molecule has 0 radical (unpaired) electrons. The molecule has 1 amide bonds. The van der Waals surface area contributed by atoms with E-state index in [-0.39, 0.29) is 12.0 Å². The van der Waals surface area contributed by atoms with Gasteiger partial charge in [0.2, 0.25) is 0 Å². The lowest BCUT2D eigenvalue weighted by atomic mass is 10.2. The Bertz CT molecular complexity index is 349. The fraction of sp³-hybridized carbons (Fsp3) is 0.462. The van der Waals surface area contributed by atoms with Crippen LogP contribution in [0.5, 0.6) is 5.75 Å².